The SMILES string of the molecule is CC1(C)OC(=O)C2(Cc3ccccc3C2)C(=O)O1. The number of cyclic esters (lactones) is 2. The van der Waals surface area contributed by atoms with Crippen LogP contribution in [0.15, 0.2) is 24.3 Å². The standard InChI is InChI=1S/C14H14O4/c1-13(2)17-11(15)14(12(16)18-13)7-9-5-3-4-6-10(9)8-14/h3-6H,7-8H2,1-2H3. The van der Waals surface area contributed by atoms with Gasteiger partial charge in [-0.05, 0) is 24.0 Å². The van der Waals surface area contributed by atoms with E-state index in [0.717, 1.165) is 11.1 Å². The van der Waals surface area contributed by atoms with Gasteiger partial charge >= 0.3 is 11.9 Å². The summed E-state index contributed by atoms with van der Waals surface area (Å²) in [6.45, 7) is 3.13. The van der Waals surface area contributed by atoms with E-state index in [-0.39, 0.29) is 0 Å². The van der Waals surface area contributed by atoms with E-state index in [1.807, 2.05) is 24.3 Å². The van der Waals surface area contributed by atoms with E-state index in [1.165, 1.54) is 0 Å². The number of benzene rings is 1. The fraction of sp³-hybridized carbons (Fsp3) is 0.429. The number of rotatable bonds is 0. The van der Waals surface area contributed by atoms with Gasteiger partial charge in [-0.15, -0.1) is 0 Å². The first-order valence-corrected chi connectivity index (χ1v) is 5.97. The average molecular weight is 246 g/mol. The first kappa shape index (κ1) is 11.3. The Morgan fingerprint density at radius 3 is 1.83 bits per heavy atom. The number of hydrogen-bond donors (Lipinski definition) is 0. The van der Waals surface area contributed by atoms with Gasteiger partial charge < -0.3 is 9.47 Å². The quantitative estimate of drug-likeness (QED) is 0.515. The molecule has 1 fully saturated rings. The molecular formula is C14H14O4. The molecule has 1 saturated heterocycles. The molecule has 0 amide bonds. The van der Waals surface area contributed by atoms with Crippen LogP contribution in [0.25, 0.3) is 0 Å². The van der Waals surface area contributed by atoms with E-state index >= 15 is 0 Å². The molecule has 0 radical (unpaired) electrons. The lowest BCUT2D eigenvalue weighted by Crippen LogP contribution is -2.54. The summed E-state index contributed by atoms with van der Waals surface area (Å²) < 4.78 is 10.5. The molecule has 0 aromatic heterocycles. The van der Waals surface area contributed by atoms with Crippen molar-refractivity contribution in [1.82, 2.24) is 0 Å². The van der Waals surface area contributed by atoms with Gasteiger partial charge in [-0.25, -0.2) is 0 Å². The highest BCUT2D eigenvalue weighted by molar-refractivity contribution is 6.03. The third-order valence-electron chi connectivity index (χ3n) is 3.56. The second kappa shape index (κ2) is 3.34. The molecule has 4 heteroatoms. The highest BCUT2D eigenvalue weighted by atomic mass is 16.7. The van der Waals surface area contributed by atoms with Crippen LogP contribution in [0.1, 0.15) is 25.0 Å². The lowest BCUT2D eigenvalue weighted by molar-refractivity contribution is -0.250. The minimum atomic E-state index is -1.17. The maximum absolute atomic E-state index is 12.2. The number of esters is 2. The zero-order valence-corrected chi connectivity index (χ0v) is 10.4. The highest BCUT2D eigenvalue weighted by Crippen LogP contribution is 2.43. The van der Waals surface area contributed by atoms with E-state index in [9.17, 15) is 9.59 Å². The molecule has 18 heavy (non-hydrogen) atoms. The van der Waals surface area contributed by atoms with Gasteiger partial charge in [0.05, 0.1) is 0 Å². The van der Waals surface area contributed by atoms with Gasteiger partial charge in [0, 0.05) is 13.8 Å². The van der Waals surface area contributed by atoms with Crippen LogP contribution in [-0.2, 0) is 31.9 Å². The highest BCUT2D eigenvalue weighted by Gasteiger charge is 2.58. The van der Waals surface area contributed by atoms with Crippen molar-refractivity contribution in [2.75, 3.05) is 0 Å². The first-order chi connectivity index (χ1) is 8.43. The van der Waals surface area contributed by atoms with Gasteiger partial charge in [0.2, 0.25) is 0 Å². The van der Waals surface area contributed by atoms with Gasteiger partial charge in [-0.1, -0.05) is 24.3 Å². The van der Waals surface area contributed by atoms with Gasteiger partial charge in [0.1, 0.15) is 0 Å². The molecule has 4 nitrogen and oxygen atoms in total. The monoisotopic (exact) mass is 246 g/mol. The maximum atomic E-state index is 12.2. The Balaban J connectivity index is 1.99. The van der Waals surface area contributed by atoms with Gasteiger partial charge in [0.15, 0.2) is 5.41 Å². The molecule has 0 N–H and O–H groups in total. The summed E-state index contributed by atoms with van der Waals surface area (Å²) in [6.07, 6.45) is 0.744. The van der Waals surface area contributed by atoms with Gasteiger partial charge in [-0.3, -0.25) is 9.59 Å². The fourth-order valence-corrected chi connectivity index (χ4v) is 2.65. The van der Waals surface area contributed by atoms with Crippen molar-refractivity contribution in [2.45, 2.75) is 32.5 Å². The summed E-state index contributed by atoms with van der Waals surface area (Å²) in [7, 11) is 0. The van der Waals surface area contributed by atoms with Crippen LogP contribution in [0.3, 0.4) is 0 Å². The van der Waals surface area contributed by atoms with Crippen LogP contribution in [0, 0.1) is 5.41 Å². The van der Waals surface area contributed by atoms with E-state index in [4.69, 9.17) is 9.47 Å². The Kier molecular flexibility index (Phi) is 2.09. The summed E-state index contributed by atoms with van der Waals surface area (Å²) in [4.78, 5) is 24.4. The van der Waals surface area contributed by atoms with E-state index in [2.05, 4.69) is 0 Å². The zero-order chi connectivity index (χ0) is 13.0. The lowest BCUT2D eigenvalue weighted by atomic mass is 9.84. The normalized spacial score (nSPS) is 23.4. The molecule has 1 spiro atoms. The van der Waals surface area contributed by atoms with Crippen LogP contribution in [0.2, 0.25) is 0 Å². The van der Waals surface area contributed by atoms with Crippen LogP contribution < -0.4 is 0 Å². The first-order valence-electron chi connectivity index (χ1n) is 5.97. The number of ether oxygens (including phenoxy) is 2. The molecule has 1 aliphatic carbocycles. The van der Waals surface area contributed by atoms with E-state index in [0.29, 0.717) is 12.8 Å². The van der Waals surface area contributed by atoms with Crippen LogP contribution in [0.5, 0.6) is 0 Å². The van der Waals surface area contributed by atoms with Crippen molar-refractivity contribution in [3.05, 3.63) is 35.4 Å². The Bertz CT molecular complexity index is 497. The average Bonchev–Trinajstić information content (AvgIpc) is 2.66. The summed E-state index contributed by atoms with van der Waals surface area (Å²) >= 11 is 0. The smallest absolute Gasteiger partial charge is 0.327 e. The van der Waals surface area contributed by atoms with E-state index in [1.54, 1.807) is 13.8 Å². The Labute approximate surface area is 105 Å². The summed E-state index contributed by atoms with van der Waals surface area (Å²) in [6, 6.07) is 7.68. The summed E-state index contributed by atoms with van der Waals surface area (Å²) in [5, 5.41) is 0. The van der Waals surface area contributed by atoms with Crippen molar-refractivity contribution in [3.63, 3.8) is 0 Å². The Morgan fingerprint density at radius 2 is 1.39 bits per heavy atom. The topological polar surface area (TPSA) is 52.6 Å². The molecule has 1 heterocycles. The second-order valence-corrected chi connectivity index (χ2v) is 5.38. The largest absolute Gasteiger partial charge is 0.422 e. The molecule has 2 aliphatic rings. The van der Waals surface area contributed by atoms with Crippen molar-refractivity contribution in [3.8, 4) is 0 Å². The molecule has 0 unspecified atom stereocenters. The molecule has 1 aliphatic heterocycles. The maximum Gasteiger partial charge on any atom is 0.327 e. The van der Waals surface area contributed by atoms with Crippen molar-refractivity contribution in [2.24, 2.45) is 5.41 Å². The van der Waals surface area contributed by atoms with Crippen LogP contribution in [-0.4, -0.2) is 17.7 Å². The Morgan fingerprint density at radius 1 is 0.944 bits per heavy atom. The number of carbonyl (C=O) groups is 2. The molecule has 0 saturated carbocycles. The third kappa shape index (κ3) is 1.45. The van der Waals surface area contributed by atoms with Gasteiger partial charge in [0.25, 0.3) is 5.79 Å². The number of fused-ring (bicyclic) bond motifs is 1. The second-order valence-electron chi connectivity index (χ2n) is 5.38. The lowest BCUT2D eigenvalue weighted by Gasteiger charge is -2.38. The number of hydrogen-bond acceptors (Lipinski definition) is 4. The molecule has 1 aromatic carbocycles. The van der Waals surface area contributed by atoms with Crippen LogP contribution in [0.4, 0.5) is 0 Å². The zero-order valence-electron chi connectivity index (χ0n) is 10.4. The minimum absolute atomic E-state index is 0.372. The van der Waals surface area contributed by atoms with Crippen molar-refractivity contribution < 1.29 is 19.1 Å². The molecule has 1 aromatic rings. The molecule has 3 rings (SSSR count). The third-order valence-corrected chi connectivity index (χ3v) is 3.56. The Hall–Kier alpha value is -1.84. The summed E-state index contributed by atoms with van der Waals surface area (Å²) in [5.41, 5.74) is 0.872. The molecule has 0 bridgehead atoms. The van der Waals surface area contributed by atoms with E-state index < -0.39 is 23.1 Å². The van der Waals surface area contributed by atoms with Crippen LogP contribution >= 0.6 is 0 Å². The molecular weight excluding hydrogens is 232 g/mol. The molecule has 0 atom stereocenters. The minimum Gasteiger partial charge on any atom is -0.422 e. The summed E-state index contributed by atoms with van der Waals surface area (Å²) in [5.74, 6) is -2.10. The predicted molar refractivity (Wildman–Crippen MR) is 62.5 cm³/mol. The predicted octanol–water partition coefficient (Wildman–Crippen LogP) is 1.61. The molecule has 94 valence electrons. The fourth-order valence-electron chi connectivity index (χ4n) is 2.65. The number of carbonyl (C=O) groups excluding carboxylic acids is 2. The van der Waals surface area contributed by atoms with Crippen molar-refractivity contribution in [1.29, 1.82) is 0 Å². The van der Waals surface area contributed by atoms with Gasteiger partial charge in [-0.2, -0.15) is 0 Å². The van der Waals surface area contributed by atoms with Crippen molar-refractivity contribution >= 4 is 11.9 Å².